The van der Waals surface area contributed by atoms with Crippen LogP contribution in [0.1, 0.15) is 18.5 Å². The van der Waals surface area contributed by atoms with Crippen molar-refractivity contribution in [2.24, 2.45) is 0 Å². The second-order valence-electron chi connectivity index (χ2n) is 3.36. The van der Waals surface area contributed by atoms with E-state index in [-0.39, 0.29) is 18.4 Å². The van der Waals surface area contributed by atoms with E-state index in [9.17, 15) is 4.79 Å². The van der Waals surface area contributed by atoms with Gasteiger partial charge in [0.2, 0.25) is 5.91 Å². The Morgan fingerprint density at radius 3 is 3.00 bits per heavy atom. The number of rotatable bonds is 0. The van der Waals surface area contributed by atoms with Crippen molar-refractivity contribution >= 4 is 11.7 Å². The van der Waals surface area contributed by atoms with Crippen molar-refractivity contribution in [3.63, 3.8) is 0 Å². The predicted octanol–water partition coefficient (Wildman–Crippen LogP) is 0.501. The molecule has 2 rings (SSSR count). The minimum Gasteiger partial charge on any atom is -0.382 e. The van der Waals surface area contributed by atoms with Gasteiger partial charge in [-0.1, -0.05) is 6.92 Å². The third-order valence-electron chi connectivity index (χ3n) is 2.23. The maximum absolute atomic E-state index is 11.2. The number of hydrogen-bond donors (Lipinski definition) is 2. The fourth-order valence-corrected chi connectivity index (χ4v) is 1.54. The highest BCUT2D eigenvalue weighted by molar-refractivity contribution is 5.76. The smallest absolute Gasteiger partial charge is 0.241 e. The van der Waals surface area contributed by atoms with Crippen molar-refractivity contribution in [1.29, 1.82) is 0 Å². The van der Waals surface area contributed by atoms with Gasteiger partial charge >= 0.3 is 0 Å². The van der Waals surface area contributed by atoms with Crippen molar-refractivity contribution < 1.29 is 4.79 Å². The average Bonchev–Trinajstić information content (AvgIpc) is 2.53. The van der Waals surface area contributed by atoms with E-state index in [0.29, 0.717) is 12.4 Å². The number of nitrogens with one attached hydrogen (secondary N) is 1. The summed E-state index contributed by atoms with van der Waals surface area (Å²) in [5.41, 5.74) is 6.58. The molecule has 1 aromatic heterocycles. The lowest BCUT2D eigenvalue weighted by Gasteiger charge is -2.06. The molecule has 1 amide bonds. The molecule has 0 saturated carbocycles. The lowest BCUT2D eigenvalue weighted by molar-refractivity contribution is -0.121. The summed E-state index contributed by atoms with van der Waals surface area (Å²) in [6.45, 7) is 8.97. The Hall–Kier alpha value is -1.78. The number of anilines is 1. The van der Waals surface area contributed by atoms with Crippen LogP contribution in [0.2, 0.25) is 0 Å². The van der Waals surface area contributed by atoms with E-state index < -0.39 is 0 Å². The quantitative estimate of drug-likeness (QED) is 0.610. The molecule has 0 radical (unpaired) electrons. The third-order valence-corrected chi connectivity index (χ3v) is 2.23. The first-order valence-electron chi connectivity index (χ1n) is 4.76. The number of nitrogens with two attached hydrogens (primary N) is 1. The summed E-state index contributed by atoms with van der Waals surface area (Å²) < 4.78 is 1.67. The van der Waals surface area contributed by atoms with Crippen LogP contribution in [0.3, 0.4) is 0 Å². The predicted molar refractivity (Wildman–Crippen MR) is 59.3 cm³/mol. The first-order chi connectivity index (χ1) is 7.16. The summed E-state index contributed by atoms with van der Waals surface area (Å²) in [7, 11) is 0. The Labute approximate surface area is 89.0 Å². The number of hydrogen-bond acceptors (Lipinski definition) is 3. The Kier molecular flexibility index (Phi) is 3.49. The van der Waals surface area contributed by atoms with Crippen LogP contribution in [0.25, 0.3) is 0 Å². The lowest BCUT2D eigenvalue weighted by atomic mass is 10.1. The van der Waals surface area contributed by atoms with Gasteiger partial charge in [0.25, 0.3) is 0 Å². The lowest BCUT2D eigenvalue weighted by Crippen LogP contribution is -2.26. The molecule has 1 aliphatic rings. The fraction of sp³-hybridized carbons (Fsp3) is 0.400. The minimum atomic E-state index is -0.00583. The van der Waals surface area contributed by atoms with Crippen LogP contribution >= 0.6 is 0 Å². The Morgan fingerprint density at radius 1 is 1.67 bits per heavy atom. The monoisotopic (exact) mass is 208 g/mol. The van der Waals surface area contributed by atoms with Crippen LogP contribution in [-0.4, -0.2) is 22.2 Å². The average molecular weight is 208 g/mol. The van der Waals surface area contributed by atoms with Gasteiger partial charge in [-0.3, -0.25) is 9.48 Å². The van der Waals surface area contributed by atoms with Crippen molar-refractivity contribution in [2.75, 3.05) is 12.3 Å². The van der Waals surface area contributed by atoms with Gasteiger partial charge in [-0.15, -0.1) is 13.2 Å². The molecular weight excluding hydrogens is 192 g/mol. The molecule has 1 unspecified atom stereocenters. The van der Waals surface area contributed by atoms with Crippen LogP contribution in [0.5, 0.6) is 0 Å². The molecule has 2 heterocycles. The second kappa shape index (κ2) is 4.63. The normalized spacial score (nSPS) is 19.3. The van der Waals surface area contributed by atoms with Gasteiger partial charge in [0.15, 0.2) is 0 Å². The maximum atomic E-state index is 11.2. The minimum absolute atomic E-state index is 0.00583. The molecule has 15 heavy (non-hydrogen) atoms. The molecule has 0 fully saturated rings. The van der Waals surface area contributed by atoms with E-state index in [0.717, 1.165) is 5.69 Å². The van der Waals surface area contributed by atoms with Crippen molar-refractivity contribution in [3.05, 3.63) is 24.9 Å². The summed E-state index contributed by atoms with van der Waals surface area (Å²) in [5.74, 6) is 0.751. The summed E-state index contributed by atoms with van der Waals surface area (Å²) in [4.78, 5) is 11.2. The van der Waals surface area contributed by atoms with E-state index in [1.807, 2.05) is 13.0 Å². The van der Waals surface area contributed by atoms with Crippen LogP contribution in [0.4, 0.5) is 5.82 Å². The standard InChI is InChI=1S/C8H12N4O.C2H4/c1-5-3-10-8(13)4-12-6(5)2-7(9)11-12;1-2/h2,5H,3-4H2,1H3,(H2,9,11)(H,10,13);1-2H2. The molecule has 0 bridgehead atoms. The molecular formula is C10H16N4O. The fourth-order valence-electron chi connectivity index (χ4n) is 1.54. The topological polar surface area (TPSA) is 72.9 Å². The third kappa shape index (κ3) is 2.37. The Bertz CT molecular complexity index is 358. The van der Waals surface area contributed by atoms with Crippen molar-refractivity contribution in [2.45, 2.75) is 19.4 Å². The zero-order valence-electron chi connectivity index (χ0n) is 8.86. The number of fused-ring (bicyclic) bond motifs is 1. The number of amides is 1. The molecule has 1 aliphatic heterocycles. The number of carbonyl (C=O) groups excluding carboxylic acids is 1. The van der Waals surface area contributed by atoms with Crippen LogP contribution < -0.4 is 11.1 Å². The van der Waals surface area contributed by atoms with E-state index in [2.05, 4.69) is 23.6 Å². The molecule has 5 heteroatoms. The van der Waals surface area contributed by atoms with Gasteiger partial charge < -0.3 is 11.1 Å². The summed E-state index contributed by atoms with van der Waals surface area (Å²) in [5, 5.41) is 6.85. The van der Waals surface area contributed by atoms with Gasteiger partial charge in [0.05, 0.1) is 0 Å². The van der Waals surface area contributed by atoms with Crippen LogP contribution in [0.15, 0.2) is 19.2 Å². The van der Waals surface area contributed by atoms with Gasteiger partial charge in [-0.25, -0.2) is 0 Å². The van der Waals surface area contributed by atoms with E-state index >= 15 is 0 Å². The van der Waals surface area contributed by atoms with Gasteiger partial charge in [-0.05, 0) is 0 Å². The van der Waals surface area contributed by atoms with Gasteiger partial charge in [-0.2, -0.15) is 5.10 Å². The molecule has 1 aromatic rings. The van der Waals surface area contributed by atoms with E-state index in [1.54, 1.807) is 4.68 Å². The molecule has 5 nitrogen and oxygen atoms in total. The van der Waals surface area contributed by atoms with Gasteiger partial charge in [0.1, 0.15) is 12.4 Å². The number of carbonyl (C=O) groups is 1. The number of nitrogens with zero attached hydrogens (tertiary/aromatic N) is 2. The number of nitrogen functional groups attached to an aromatic ring is 1. The van der Waals surface area contributed by atoms with Crippen molar-refractivity contribution in [3.8, 4) is 0 Å². The van der Waals surface area contributed by atoms with E-state index in [1.165, 1.54) is 0 Å². The molecule has 3 N–H and O–H groups in total. The molecule has 0 aliphatic carbocycles. The highest BCUT2D eigenvalue weighted by atomic mass is 16.2. The highest BCUT2D eigenvalue weighted by Crippen LogP contribution is 2.18. The summed E-state index contributed by atoms with van der Waals surface area (Å²) in [6, 6.07) is 1.82. The number of aromatic nitrogens is 2. The molecule has 82 valence electrons. The van der Waals surface area contributed by atoms with Crippen molar-refractivity contribution in [1.82, 2.24) is 15.1 Å². The van der Waals surface area contributed by atoms with Crippen LogP contribution in [0, 0.1) is 0 Å². The molecule has 0 aromatic carbocycles. The Morgan fingerprint density at radius 2 is 2.33 bits per heavy atom. The first-order valence-corrected chi connectivity index (χ1v) is 4.76. The molecule has 0 saturated heterocycles. The SMILES string of the molecule is C=C.CC1CNC(=O)Cn2nc(N)cc21. The first kappa shape index (κ1) is 11.3. The van der Waals surface area contributed by atoms with Crippen LogP contribution in [-0.2, 0) is 11.3 Å². The zero-order valence-corrected chi connectivity index (χ0v) is 8.86. The highest BCUT2D eigenvalue weighted by Gasteiger charge is 2.19. The maximum Gasteiger partial charge on any atom is 0.241 e. The molecule has 0 spiro atoms. The second-order valence-corrected chi connectivity index (χ2v) is 3.36. The summed E-state index contributed by atoms with van der Waals surface area (Å²) >= 11 is 0. The summed E-state index contributed by atoms with van der Waals surface area (Å²) in [6.07, 6.45) is 0. The van der Waals surface area contributed by atoms with Gasteiger partial charge in [0, 0.05) is 24.2 Å². The Balaban J connectivity index is 0.000000531. The molecule has 1 atom stereocenters. The largest absolute Gasteiger partial charge is 0.382 e. The van der Waals surface area contributed by atoms with E-state index in [4.69, 9.17) is 5.73 Å². The zero-order chi connectivity index (χ0) is 11.4.